The van der Waals surface area contributed by atoms with Gasteiger partial charge < -0.3 is 13.9 Å². The summed E-state index contributed by atoms with van der Waals surface area (Å²) in [5.41, 5.74) is 1.44. The van der Waals surface area contributed by atoms with Crippen LogP contribution in [-0.4, -0.2) is 62.3 Å². The number of amides is 1. The van der Waals surface area contributed by atoms with E-state index in [9.17, 15) is 4.79 Å². The minimum absolute atomic E-state index is 0. The fourth-order valence-electron chi connectivity index (χ4n) is 4.00. The topological polar surface area (TPSA) is 68.0 Å². The van der Waals surface area contributed by atoms with Crippen molar-refractivity contribution < 1.29 is 18.7 Å². The monoisotopic (exact) mass is 565 g/mol. The molecular formula is C24H25BrClN3O4S. The van der Waals surface area contributed by atoms with E-state index in [2.05, 4.69) is 20.8 Å². The Balaban J connectivity index is 0.00000274. The number of hydrogen-bond donors (Lipinski definition) is 0. The predicted molar refractivity (Wildman–Crippen MR) is 141 cm³/mol. The van der Waals surface area contributed by atoms with Gasteiger partial charge in [0, 0.05) is 36.0 Å². The highest BCUT2D eigenvalue weighted by Crippen LogP contribution is 2.33. The van der Waals surface area contributed by atoms with Gasteiger partial charge in [0.15, 0.2) is 22.2 Å². The molecule has 0 unspecified atom stereocenters. The van der Waals surface area contributed by atoms with Gasteiger partial charge in [0.2, 0.25) is 0 Å². The maximum absolute atomic E-state index is 13.7. The first kappa shape index (κ1) is 24.9. The summed E-state index contributed by atoms with van der Waals surface area (Å²) in [6.45, 7) is 4.81. The molecule has 5 rings (SSSR count). The number of methoxy groups -OCH3 is 1. The number of hydrogen-bond acceptors (Lipinski definition) is 7. The molecule has 2 aromatic carbocycles. The van der Waals surface area contributed by atoms with Gasteiger partial charge in [-0.25, -0.2) is 4.98 Å². The van der Waals surface area contributed by atoms with Gasteiger partial charge in [-0.1, -0.05) is 39.4 Å². The van der Waals surface area contributed by atoms with Gasteiger partial charge in [0.05, 0.1) is 30.5 Å². The van der Waals surface area contributed by atoms with Crippen molar-refractivity contribution in [3.05, 3.63) is 52.7 Å². The molecule has 0 N–H and O–H groups in total. The number of carbonyl (C=O) groups is 1. The first-order chi connectivity index (χ1) is 16.1. The van der Waals surface area contributed by atoms with Crippen LogP contribution >= 0.6 is 39.7 Å². The number of morpholine rings is 1. The number of benzene rings is 2. The quantitative estimate of drug-likeness (QED) is 0.290. The molecule has 34 heavy (non-hydrogen) atoms. The van der Waals surface area contributed by atoms with Crippen molar-refractivity contribution in [1.82, 2.24) is 9.88 Å². The van der Waals surface area contributed by atoms with E-state index < -0.39 is 0 Å². The molecular weight excluding hydrogens is 542 g/mol. The number of rotatable bonds is 7. The standard InChI is InChI=1S/C24H24BrN3O4S.ClH/c1-30-19-5-2-4-16-14-20(32-22(16)19)23(29)28(9-3-8-27-10-12-31-13-11-27)24-26-18-7-6-17(25)15-21(18)33-24;/h2,4-7,14-15H,3,8-13H2,1H3;1H. The summed E-state index contributed by atoms with van der Waals surface area (Å²) in [7, 11) is 1.59. The number of nitrogens with zero attached hydrogens (tertiary/aromatic N) is 3. The van der Waals surface area contributed by atoms with Crippen LogP contribution in [0, 0.1) is 0 Å². The van der Waals surface area contributed by atoms with E-state index in [1.165, 1.54) is 11.3 Å². The van der Waals surface area contributed by atoms with Crippen molar-refractivity contribution in [1.29, 1.82) is 0 Å². The molecule has 1 fully saturated rings. The first-order valence-electron chi connectivity index (χ1n) is 10.9. The fourth-order valence-corrected chi connectivity index (χ4v) is 5.54. The Morgan fingerprint density at radius 3 is 2.85 bits per heavy atom. The number of halogens is 2. The average molecular weight is 567 g/mol. The Bertz CT molecular complexity index is 1290. The van der Waals surface area contributed by atoms with Crippen molar-refractivity contribution in [2.45, 2.75) is 6.42 Å². The number of para-hydroxylation sites is 1. The average Bonchev–Trinajstić information content (AvgIpc) is 3.46. The molecule has 1 aliphatic rings. The minimum atomic E-state index is -0.201. The maximum Gasteiger partial charge on any atom is 0.295 e. The lowest BCUT2D eigenvalue weighted by atomic mass is 10.2. The first-order valence-corrected chi connectivity index (χ1v) is 12.5. The van der Waals surface area contributed by atoms with Crippen LogP contribution in [-0.2, 0) is 4.74 Å². The van der Waals surface area contributed by atoms with Crippen LogP contribution in [0.2, 0.25) is 0 Å². The summed E-state index contributed by atoms with van der Waals surface area (Å²) >= 11 is 5.03. The molecule has 0 bridgehead atoms. The number of furan rings is 1. The second kappa shape index (κ2) is 11.0. The number of fused-ring (bicyclic) bond motifs is 2. The highest BCUT2D eigenvalue weighted by molar-refractivity contribution is 9.10. The van der Waals surface area contributed by atoms with E-state index in [-0.39, 0.29) is 24.1 Å². The van der Waals surface area contributed by atoms with Crippen molar-refractivity contribution >= 4 is 71.9 Å². The Hall–Kier alpha value is -2.17. The molecule has 180 valence electrons. The molecule has 3 heterocycles. The van der Waals surface area contributed by atoms with E-state index in [1.807, 2.05) is 36.4 Å². The van der Waals surface area contributed by atoms with E-state index in [0.29, 0.717) is 23.0 Å². The zero-order chi connectivity index (χ0) is 22.8. The predicted octanol–water partition coefficient (Wildman–Crippen LogP) is 5.60. The third-order valence-corrected chi connectivity index (χ3v) is 7.25. The Kier molecular flexibility index (Phi) is 8.10. The largest absolute Gasteiger partial charge is 0.493 e. The van der Waals surface area contributed by atoms with Crippen LogP contribution in [0.5, 0.6) is 5.75 Å². The third kappa shape index (κ3) is 5.23. The molecule has 1 aliphatic heterocycles. The highest BCUT2D eigenvalue weighted by atomic mass is 79.9. The van der Waals surface area contributed by atoms with Crippen LogP contribution < -0.4 is 9.64 Å². The van der Waals surface area contributed by atoms with Gasteiger partial charge in [0.25, 0.3) is 5.91 Å². The summed E-state index contributed by atoms with van der Waals surface area (Å²) in [5, 5.41) is 1.50. The summed E-state index contributed by atoms with van der Waals surface area (Å²) in [6, 6.07) is 13.3. The molecule has 0 radical (unpaired) electrons. The molecule has 0 spiro atoms. The van der Waals surface area contributed by atoms with E-state index >= 15 is 0 Å². The van der Waals surface area contributed by atoms with Crippen molar-refractivity contribution in [3.8, 4) is 5.75 Å². The van der Waals surface area contributed by atoms with Gasteiger partial charge in [-0.05, 0) is 36.8 Å². The number of thiazole rings is 1. The summed E-state index contributed by atoms with van der Waals surface area (Å²) < 4.78 is 18.8. The number of ether oxygens (including phenoxy) is 2. The molecule has 10 heteroatoms. The van der Waals surface area contributed by atoms with Crippen LogP contribution in [0.4, 0.5) is 5.13 Å². The second-order valence-electron chi connectivity index (χ2n) is 7.86. The summed E-state index contributed by atoms with van der Waals surface area (Å²) in [5.74, 6) is 0.685. The Labute approximate surface area is 216 Å². The maximum atomic E-state index is 13.7. The second-order valence-corrected chi connectivity index (χ2v) is 9.79. The number of carbonyl (C=O) groups excluding carboxylic acids is 1. The van der Waals surface area contributed by atoms with Crippen molar-refractivity contribution in [2.75, 3.05) is 51.4 Å². The molecule has 2 aromatic heterocycles. The molecule has 0 atom stereocenters. The van der Waals surface area contributed by atoms with Gasteiger partial charge in [0.1, 0.15) is 0 Å². The molecule has 1 amide bonds. The SMILES string of the molecule is COc1cccc2cc(C(=O)N(CCCN3CCOCC3)c3nc4ccc(Br)cc4s3)oc12.Cl. The van der Waals surface area contributed by atoms with E-state index in [4.69, 9.17) is 18.9 Å². The molecule has 0 saturated carbocycles. The zero-order valence-electron chi connectivity index (χ0n) is 18.7. The normalized spacial score (nSPS) is 14.3. The lowest BCUT2D eigenvalue weighted by Crippen LogP contribution is -2.39. The number of anilines is 1. The van der Waals surface area contributed by atoms with E-state index in [0.717, 1.165) is 59.3 Å². The van der Waals surface area contributed by atoms with Gasteiger partial charge in [-0.3, -0.25) is 14.6 Å². The van der Waals surface area contributed by atoms with Gasteiger partial charge in [-0.15, -0.1) is 12.4 Å². The van der Waals surface area contributed by atoms with Gasteiger partial charge >= 0.3 is 0 Å². The Morgan fingerprint density at radius 1 is 1.24 bits per heavy atom. The fraction of sp³-hybridized carbons (Fsp3) is 0.333. The van der Waals surface area contributed by atoms with Crippen molar-refractivity contribution in [3.63, 3.8) is 0 Å². The lowest BCUT2D eigenvalue weighted by molar-refractivity contribution is 0.0376. The van der Waals surface area contributed by atoms with Crippen LogP contribution in [0.1, 0.15) is 17.0 Å². The number of aromatic nitrogens is 1. The van der Waals surface area contributed by atoms with E-state index in [1.54, 1.807) is 18.1 Å². The Morgan fingerprint density at radius 2 is 2.06 bits per heavy atom. The van der Waals surface area contributed by atoms with Crippen LogP contribution in [0.25, 0.3) is 21.2 Å². The smallest absolute Gasteiger partial charge is 0.295 e. The summed E-state index contributed by atoms with van der Waals surface area (Å²) in [6.07, 6.45) is 0.828. The summed E-state index contributed by atoms with van der Waals surface area (Å²) in [4.78, 5) is 22.5. The molecule has 7 nitrogen and oxygen atoms in total. The minimum Gasteiger partial charge on any atom is -0.493 e. The van der Waals surface area contributed by atoms with Crippen LogP contribution in [0.3, 0.4) is 0 Å². The van der Waals surface area contributed by atoms with Crippen molar-refractivity contribution in [2.24, 2.45) is 0 Å². The molecule has 0 aliphatic carbocycles. The lowest BCUT2D eigenvalue weighted by Gasteiger charge is -2.27. The highest BCUT2D eigenvalue weighted by Gasteiger charge is 2.25. The van der Waals surface area contributed by atoms with Crippen LogP contribution in [0.15, 0.2) is 51.4 Å². The third-order valence-electron chi connectivity index (χ3n) is 5.71. The molecule has 1 saturated heterocycles. The zero-order valence-corrected chi connectivity index (χ0v) is 21.9. The van der Waals surface area contributed by atoms with Gasteiger partial charge in [-0.2, -0.15) is 0 Å². The molecule has 4 aromatic rings.